The molecule has 0 aliphatic rings. The Morgan fingerprint density at radius 1 is 1.35 bits per heavy atom. The Labute approximate surface area is 121 Å². The van der Waals surface area contributed by atoms with Crippen LogP contribution in [0.5, 0.6) is 0 Å². The van der Waals surface area contributed by atoms with Crippen molar-refractivity contribution in [2.45, 2.75) is 19.9 Å². The van der Waals surface area contributed by atoms with Crippen LogP contribution < -0.4 is 10.6 Å². The first-order valence-electron chi connectivity index (χ1n) is 6.40. The monoisotopic (exact) mass is 292 g/mol. The molecule has 1 aromatic heterocycles. The average Bonchev–Trinajstić information content (AvgIpc) is 2.83. The molecule has 0 fully saturated rings. The molecule has 0 saturated heterocycles. The van der Waals surface area contributed by atoms with E-state index >= 15 is 0 Å². The molecule has 0 aliphatic heterocycles. The van der Waals surface area contributed by atoms with Crippen molar-refractivity contribution in [1.82, 2.24) is 5.32 Å². The summed E-state index contributed by atoms with van der Waals surface area (Å²) in [7, 11) is 0. The summed E-state index contributed by atoms with van der Waals surface area (Å²) < 4.78 is 13.0. The zero-order valence-electron chi connectivity index (χ0n) is 11.4. The van der Waals surface area contributed by atoms with Crippen molar-refractivity contribution in [1.29, 1.82) is 0 Å². The lowest BCUT2D eigenvalue weighted by Gasteiger charge is -2.12. The first kappa shape index (κ1) is 14.7. The van der Waals surface area contributed by atoms with Crippen LogP contribution in [-0.2, 0) is 4.79 Å². The molecule has 2 N–H and O–H groups in total. The minimum atomic E-state index is -0.363. The van der Waals surface area contributed by atoms with Crippen molar-refractivity contribution in [3.8, 4) is 0 Å². The molecule has 0 radical (unpaired) electrons. The Kier molecular flexibility index (Phi) is 4.87. The molecular formula is C15H17FN2OS. The highest BCUT2D eigenvalue weighted by molar-refractivity contribution is 7.12. The fourth-order valence-electron chi connectivity index (χ4n) is 1.80. The highest BCUT2D eigenvalue weighted by Crippen LogP contribution is 2.21. The summed E-state index contributed by atoms with van der Waals surface area (Å²) in [6.45, 7) is 4.26. The number of carbonyl (C=O) groups excluding carboxylic acids is 1. The van der Waals surface area contributed by atoms with Crippen molar-refractivity contribution in [2.75, 3.05) is 11.9 Å². The van der Waals surface area contributed by atoms with Gasteiger partial charge in [0.2, 0.25) is 5.91 Å². The molecule has 0 aliphatic carbocycles. The summed E-state index contributed by atoms with van der Waals surface area (Å²) in [5, 5.41) is 5.81. The zero-order valence-corrected chi connectivity index (χ0v) is 12.3. The van der Waals surface area contributed by atoms with Crippen LogP contribution in [0.4, 0.5) is 10.1 Å². The van der Waals surface area contributed by atoms with E-state index in [1.807, 2.05) is 6.92 Å². The molecule has 106 valence electrons. The summed E-state index contributed by atoms with van der Waals surface area (Å²) in [5.41, 5.74) is 0.469. The van der Waals surface area contributed by atoms with E-state index < -0.39 is 0 Å². The predicted octanol–water partition coefficient (Wildman–Crippen LogP) is 3.48. The van der Waals surface area contributed by atoms with Crippen molar-refractivity contribution >= 4 is 22.9 Å². The van der Waals surface area contributed by atoms with E-state index in [2.05, 4.69) is 29.7 Å². The fourth-order valence-corrected chi connectivity index (χ4v) is 2.71. The lowest BCUT2D eigenvalue weighted by Crippen LogP contribution is -2.29. The Hall–Kier alpha value is -1.72. The summed E-state index contributed by atoms with van der Waals surface area (Å²) in [6.07, 6.45) is 0. The zero-order chi connectivity index (χ0) is 14.5. The van der Waals surface area contributed by atoms with Gasteiger partial charge in [-0.1, -0.05) is 6.07 Å². The molecule has 0 bridgehead atoms. The van der Waals surface area contributed by atoms with Gasteiger partial charge in [0, 0.05) is 21.5 Å². The Bertz CT molecular complexity index is 597. The van der Waals surface area contributed by atoms with Gasteiger partial charge in [-0.25, -0.2) is 4.39 Å². The fraction of sp³-hybridized carbons (Fsp3) is 0.267. The number of nitrogens with one attached hydrogen (secondary N) is 2. The number of hydrogen-bond donors (Lipinski definition) is 2. The van der Waals surface area contributed by atoms with Gasteiger partial charge in [0.15, 0.2) is 0 Å². The molecule has 0 spiro atoms. The van der Waals surface area contributed by atoms with Crippen molar-refractivity contribution < 1.29 is 9.18 Å². The van der Waals surface area contributed by atoms with Gasteiger partial charge >= 0.3 is 0 Å². The summed E-state index contributed by atoms with van der Waals surface area (Å²) in [6, 6.07) is 10.1. The lowest BCUT2D eigenvalue weighted by molar-refractivity contribution is -0.115. The van der Waals surface area contributed by atoms with Crippen LogP contribution in [0.25, 0.3) is 0 Å². The maximum atomic E-state index is 13.0. The summed E-state index contributed by atoms with van der Waals surface area (Å²) >= 11 is 1.71. The molecule has 1 atom stereocenters. The number of anilines is 1. The SMILES string of the molecule is Cc1ccc(C(C)NCC(=O)Nc2cccc(F)c2)s1. The number of benzene rings is 1. The Morgan fingerprint density at radius 3 is 2.80 bits per heavy atom. The molecular weight excluding hydrogens is 275 g/mol. The molecule has 1 aromatic carbocycles. The van der Waals surface area contributed by atoms with Gasteiger partial charge < -0.3 is 10.6 Å². The number of rotatable bonds is 5. The van der Waals surface area contributed by atoms with Crippen LogP contribution >= 0.6 is 11.3 Å². The van der Waals surface area contributed by atoms with Crippen LogP contribution in [-0.4, -0.2) is 12.5 Å². The first-order chi connectivity index (χ1) is 9.54. The third-order valence-corrected chi connectivity index (χ3v) is 4.05. The standard InChI is InChI=1S/C15H17FN2OS/c1-10-6-7-14(20-10)11(2)17-9-15(19)18-13-5-3-4-12(16)8-13/h3-8,11,17H,9H2,1-2H3,(H,18,19). The normalized spacial score (nSPS) is 12.2. The van der Waals surface area contributed by atoms with E-state index in [-0.39, 0.29) is 24.3 Å². The van der Waals surface area contributed by atoms with Crippen LogP contribution in [0.3, 0.4) is 0 Å². The molecule has 1 amide bonds. The smallest absolute Gasteiger partial charge is 0.238 e. The van der Waals surface area contributed by atoms with Gasteiger partial charge in [0.1, 0.15) is 5.82 Å². The number of carbonyl (C=O) groups is 1. The second-order valence-electron chi connectivity index (χ2n) is 4.61. The third-order valence-electron chi connectivity index (χ3n) is 2.87. The highest BCUT2D eigenvalue weighted by Gasteiger charge is 2.09. The number of hydrogen-bond acceptors (Lipinski definition) is 3. The summed E-state index contributed by atoms with van der Waals surface area (Å²) in [4.78, 5) is 14.2. The predicted molar refractivity (Wildman–Crippen MR) is 80.5 cm³/mol. The average molecular weight is 292 g/mol. The van der Waals surface area contributed by atoms with E-state index in [1.165, 1.54) is 21.9 Å². The molecule has 0 saturated carbocycles. The molecule has 1 unspecified atom stereocenters. The topological polar surface area (TPSA) is 41.1 Å². The second-order valence-corrected chi connectivity index (χ2v) is 5.93. The Balaban J connectivity index is 1.83. The quantitative estimate of drug-likeness (QED) is 0.885. The Morgan fingerprint density at radius 2 is 2.15 bits per heavy atom. The van der Waals surface area contributed by atoms with Gasteiger partial charge in [0.05, 0.1) is 6.54 Å². The van der Waals surface area contributed by atoms with Gasteiger partial charge in [-0.3, -0.25) is 4.79 Å². The first-order valence-corrected chi connectivity index (χ1v) is 7.21. The van der Waals surface area contributed by atoms with E-state index in [9.17, 15) is 9.18 Å². The van der Waals surface area contributed by atoms with Gasteiger partial charge in [0.25, 0.3) is 0 Å². The van der Waals surface area contributed by atoms with E-state index in [4.69, 9.17) is 0 Å². The molecule has 3 nitrogen and oxygen atoms in total. The van der Waals surface area contributed by atoms with Crippen molar-refractivity contribution in [3.05, 3.63) is 52.0 Å². The number of thiophene rings is 1. The van der Waals surface area contributed by atoms with E-state index in [0.717, 1.165) is 0 Å². The largest absolute Gasteiger partial charge is 0.325 e. The summed E-state index contributed by atoms with van der Waals surface area (Å²) in [5.74, 6) is -0.547. The maximum Gasteiger partial charge on any atom is 0.238 e. The molecule has 2 rings (SSSR count). The number of aryl methyl sites for hydroxylation is 1. The molecule has 20 heavy (non-hydrogen) atoms. The second kappa shape index (κ2) is 6.63. The third kappa shape index (κ3) is 4.15. The highest BCUT2D eigenvalue weighted by atomic mass is 32.1. The maximum absolute atomic E-state index is 13.0. The van der Waals surface area contributed by atoms with Crippen LogP contribution in [0.1, 0.15) is 22.7 Å². The van der Waals surface area contributed by atoms with Gasteiger partial charge in [-0.15, -0.1) is 11.3 Å². The number of amides is 1. The van der Waals surface area contributed by atoms with Crippen molar-refractivity contribution in [3.63, 3.8) is 0 Å². The minimum absolute atomic E-state index is 0.118. The molecule has 5 heteroatoms. The number of halogens is 1. The van der Waals surface area contributed by atoms with Crippen LogP contribution in [0, 0.1) is 12.7 Å². The van der Waals surface area contributed by atoms with Gasteiger partial charge in [-0.2, -0.15) is 0 Å². The lowest BCUT2D eigenvalue weighted by atomic mass is 10.2. The molecule has 2 aromatic rings. The van der Waals surface area contributed by atoms with Crippen LogP contribution in [0.15, 0.2) is 36.4 Å². The van der Waals surface area contributed by atoms with Crippen molar-refractivity contribution in [2.24, 2.45) is 0 Å². The minimum Gasteiger partial charge on any atom is -0.325 e. The molecule has 1 heterocycles. The van der Waals surface area contributed by atoms with Crippen LogP contribution in [0.2, 0.25) is 0 Å². The van der Waals surface area contributed by atoms with E-state index in [0.29, 0.717) is 5.69 Å². The van der Waals surface area contributed by atoms with Gasteiger partial charge in [-0.05, 0) is 44.2 Å². The van der Waals surface area contributed by atoms with E-state index in [1.54, 1.807) is 23.5 Å².